The standard InChI is InChI=1S/2C6H9N3O2.C5H11NO2S/c2*7-5(6(10)11)1-4-2-8-3-9-4;1-9-3-2-4(6)5(7)8/h2*2-3,5H,1,7H2,(H,8,9)(H,10,11);4H,2-3,6H2,1H3,(H,7,8). The maximum absolute atomic E-state index is 10.3. The van der Waals surface area contributed by atoms with Crippen molar-refractivity contribution < 1.29 is 29.7 Å². The largest absolute Gasteiger partial charge is 0.480 e. The zero-order chi connectivity index (χ0) is 23.8. The van der Waals surface area contributed by atoms with Gasteiger partial charge in [-0.1, -0.05) is 0 Å². The van der Waals surface area contributed by atoms with E-state index in [2.05, 4.69) is 19.9 Å². The van der Waals surface area contributed by atoms with Crippen LogP contribution < -0.4 is 17.2 Å². The molecule has 11 N–H and O–H groups in total. The van der Waals surface area contributed by atoms with Gasteiger partial charge in [0.25, 0.3) is 0 Å². The lowest BCUT2D eigenvalue weighted by molar-refractivity contribution is -0.139. The van der Waals surface area contributed by atoms with E-state index in [1.807, 2.05) is 6.26 Å². The number of carboxylic acids is 3. The predicted molar refractivity (Wildman–Crippen MR) is 114 cm³/mol. The van der Waals surface area contributed by atoms with Crippen molar-refractivity contribution in [1.82, 2.24) is 19.9 Å². The molecular weight excluding hydrogens is 430 g/mol. The van der Waals surface area contributed by atoms with Gasteiger partial charge in [0.2, 0.25) is 0 Å². The number of hydrogen-bond acceptors (Lipinski definition) is 9. The summed E-state index contributed by atoms with van der Waals surface area (Å²) in [5.74, 6) is -2.11. The van der Waals surface area contributed by atoms with Crippen molar-refractivity contribution in [3.05, 3.63) is 36.4 Å². The molecule has 3 unspecified atom stereocenters. The first kappa shape index (κ1) is 28.1. The SMILES string of the molecule is CSCCC(N)C(=O)O.NC(Cc1c[nH]cn1)C(=O)O.NC(Cc1c[nH]cn1)C(=O)O. The summed E-state index contributed by atoms with van der Waals surface area (Å²) in [6, 6.07) is -2.41. The van der Waals surface area contributed by atoms with Crippen molar-refractivity contribution in [2.24, 2.45) is 17.2 Å². The Balaban J connectivity index is 0.000000439. The number of aliphatic carboxylic acids is 3. The minimum Gasteiger partial charge on any atom is -0.480 e. The molecule has 2 aromatic rings. The third kappa shape index (κ3) is 13.8. The maximum atomic E-state index is 10.3. The van der Waals surface area contributed by atoms with Crippen LogP contribution in [0.1, 0.15) is 17.8 Å². The molecule has 0 bridgehead atoms. The van der Waals surface area contributed by atoms with Crippen molar-refractivity contribution in [2.75, 3.05) is 12.0 Å². The number of hydrogen-bond donors (Lipinski definition) is 8. The highest BCUT2D eigenvalue weighted by molar-refractivity contribution is 7.98. The predicted octanol–water partition coefficient (Wildman–Crippen LogP) is -1.12. The number of thioether (sulfide) groups is 1. The van der Waals surface area contributed by atoms with Gasteiger partial charge in [0.15, 0.2) is 0 Å². The number of aromatic amines is 2. The molecule has 2 aromatic heterocycles. The van der Waals surface area contributed by atoms with Gasteiger partial charge in [-0.3, -0.25) is 14.4 Å². The molecule has 3 atom stereocenters. The maximum Gasteiger partial charge on any atom is 0.320 e. The summed E-state index contributed by atoms with van der Waals surface area (Å²) >= 11 is 1.60. The van der Waals surface area contributed by atoms with Gasteiger partial charge in [0.1, 0.15) is 18.1 Å². The van der Waals surface area contributed by atoms with Crippen LogP contribution in [-0.2, 0) is 27.2 Å². The van der Waals surface area contributed by atoms with Crippen LogP contribution in [0.3, 0.4) is 0 Å². The number of nitrogens with two attached hydrogens (primary N) is 3. The van der Waals surface area contributed by atoms with Gasteiger partial charge >= 0.3 is 17.9 Å². The molecule has 2 heterocycles. The van der Waals surface area contributed by atoms with Crippen molar-refractivity contribution in [3.63, 3.8) is 0 Å². The second-order valence-electron chi connectivity index (χ2n) is 6.14. The summed E-state index contributed by atoms with van der Waals surface area (Å²) in [5, 5.41) is 25.1. The number of carbonyl (C=O) groups is 3. The Morgan fingerprint density at radius 2 is 1.26 bits per heavy atom. The Hall–Kier alpha value is -2.94. The molecule has 31 heavy (non-hydrogen) atoms. The van der Waals surface area contributed by atoms with Crippen molar-refractivity contribution in [3.8, 4) is 0 Å². The third-order valence-corrected chi connectivity index (χ3v) is 4.20. The minimum atomic E-state index is -1.01. The normalized spacial score (nSPS) is 12.9. The van der Waals surface area contributed by atoms with Crippen molar-refractivity contribution in [1.29, 1.82) is 0 Å². The number of nitrogens with one attached hydrogen (secondary N) is 2. The Bertz CT molecular complexity index is 705. The van der Waals surface area contributed by atoms with E-state index >= 15 is 0 Å². The van der Waals surface area contributed by atoms with Crippen LogP contribution in [0.2, 0.25) is 0 Å². The summed E-state index contributed by atoms with van der Waals surface area (Å²) in [6.45, 7) is 0. The van der Waals surface area contributed by atoms with Gasteiger partial charge in [-0.15, -0.1) is 0 Å². The van der Waals surface area contributed by atoms with Crippen LogP contribution in [0.4, 0.5) is 0 Å². The van der Waals surface area contributed by atoms with E-state index in [-0.39, 0.29) is 12.8 Å². The highest BCUT2D eigenvalue weighted by Crippen LogP contribution is 1.98. The van der Waals surface area contributed by atoms with Crippen LogP contribution in [0.25, 0.3) is 0 Å². The summed E-state index contributed by atoms with van der Waals surface area (Å²) in [4.78, 5) is 43.7. The highest BCUT2D eigenvalue weighted by Gasteiger charge is 2.13. The highest BCUT2D eigenvalue weighted by atomic mass is 32.2. The molecule has 2 rings (SSSR count). The van der Waals surface area contributed by atoms with Crippen LogP contribution in [0, 0.1) is 0 Å². The van der Waals surface area contributed by atoms with Gasteiger partial charge in [-0.2, -0.15) is 11.8 Å². The van der Waals surface area contributed by atoms with Crippen molar-refractivity contribution >= 4 is 29.7 Å². The monoisotopic (exact) mass is 459 g/mol. The number of carboxylic acid groups (broad SMARTS) is 3. The van der Waals surface area contributed by atoms with Crippen LogP contribution in [0.15, 0.2) is 25.0 Å². The number of imidazole rings is 2. The summed E-state index contributed by atoms with van der Waals surface area (Å²) in [7, 11) is 0. The van der Waals surface area contributed by atoms with Gasteiger partial charge in [0, 0.05) is 25.2 Å². The van der Waals surface area contributed by atoms with E-state index in [1.165, 1.54) is 12.7 Å². The fraction of sp³-hybridized carbons (Fsp3) is 0.471. The molecule has 14 heteroatoms. The summed E-state index contributed by atoms with van der Waals surface area (Å²) < 4.78 is 0. The zero-order valence-electron chi connectivity index (χ0n) is 17.0. The molecule has 0 aliphatic rings. The Morgan fingerprint density at radius 3 is 1.52 bits per heavy atom. The van der Waals surface area contributed by atoms with Gasteiger partial charge in [0.05, 0.1) is 24.0 Å². The molecule has 0 radical (unpaired) electrons. The molecule has 0 aliphatic carbocycles. The van der Waals surface area contributed by atoms with E-state index in [0.717, 1.165) is 5.75 Å². The molecule has 174 valence electrons. The lowest BCUT2D eigenvalue weighted by atomic mass is 10.2. The van der Waals surface area contributed by atoms with Crippen LogP contribution in [0.5, 0.6) is 0 Å². The summed E-state index contributed by atoms with van der Waals surface area (Å²) in [6.07, 6.45) is 9.24. The third-order valence-electron chi connectivity index (χ3n) is 3.55. The van der Waals surface area contributed by atoms with E-state index < -0.39 is 36.0 Å². The number of aromatic nitrogens is 4. The molecular formula is C17H29N7O6S. The second-order valence-corrected chi connectivity index (χ2v) is 7.13. The van der Waals surface area contributed by atoms with Gasteiger partial charge < -0.3 is 42.5 Å². The van der Waals surface area contributed by atoms with E-state index in [4.69, 9.17) is 32.5 Å². The fourth-order valence-electron chi connectivity index (χ4n) is 1.80. The Morgan fingerprint density at radius 1 is 0.871 bits per heavy atom. The van der Waals surface area contributed by atoms with Crippen LogP contribution >= 0.6 is 11.8 Å². The van der Waals surface area contributed by atoms with E-state index in [0.29, 0.717) is 17.8 Å². The first-order valence-corrected chi connectivity index (χ1v) is 10.4. The van der Waals surface area contributed by atoms with Gasteiger partial charge in [-0.25, -0.2) is 9.97 Å². The average molecular weight is 460 g/mol. The van der Waals surface area contributed by atoms with Crippen LogP contribution in [-0.4, -0.2) is 83.3 Å². The molecule has 0 saturated carbocycles. The molecule has 0 aromatic carbocycles. The first-order chi connectivity index (χ1) is 14.6. The lowest BCUT2D eigenvalue weighted by Gasteiger charge is -2.02. The topological polar surface area (TPSA) is 247 Å². The smallest absolute Gasteiger partial charge is 0.320 e. The van der Waals surface area contributed by atoms with Gasteiger partial charge in [-0.05, 0) is 18.4 Å². The molecule has 0 fully saturated rings. The quantitative estimate of drug-likeness (QED) is 0.210. The number of nitrogens with zero attached hydrogens (tertiary/aromatic N) is 2. The zero-order valence-corrected chi connectivity index (χ0v) is 17.8. The Labute approximate surface area is 182 Å². The molecule has 0 aliphatic heterocycles. The second kappa shape index (κ2) is 15.8. The number of rotatable bonds is 10. The molecule has 0 amide bonds. The van der Waals surface area contributed by atoms with E-state index in [9.17, 15) is 14.4 Å². The average Bonchev–Trinajstić information content (AvgIpc) is 3.41. The lowest BCUT2D eigenvalue weighted by Crippen LogP contribution is -2.32. The van der Waals surface area contributed by atoms with Crippen molar-refractivity contribution in [2.45, 2.75) is 37.4 Å². The Kier molecular flexibility index (Phi) is 14.3. The molecule has 0 saturated heterocycles. The minimum absolute atomic E-state index is 0.263. The first-order valence-electron chi connectivity index (χ1n) is 8.97. The summed E-state index contributed by atoms with van der Waals surface area (Å²) in [5.41, 5.74) is 17.0. The van der Waals surface area contributed by atoms with E-state index in [1.54, 1.807) is 24.2 Å². The molecule has 0 spiro atoms. The fourth-order valence-corrected chi connectivity index (χ4v) is 2.29. The number of H-pyrrole nitrogens is 2. The molecule has 13 nitrogen and oxygen atoms in total.